The van der Waals surface area contributed by atoms with E-state index in [1.807, 2.05) is 31.2 Å². The lowest BCUT2D eigenvalue weighted by molar-refractivity contribution is -0.127. The molecule has 2 aromatic carbocycles. The molecule has 0 bridgehead atoms. The maximum Gasteiger partial charge on any atom is 0.243 e. The molecule has 1 saturated heterocycles. The fourth-order valence-corrected chi connectivity index (χ4v) is 3.72. The minimum Gasteiger partial charge on any atom is -0.495 e. The first-order valence-electron chi connectivity index (χ1n) is 9.16. The summed E-state index contributed by atoms with van der Waals surface area (Å²) in [5.74, 6) is -0.738. The van der Waals surface area contributed by atoms with E-state index < -0.39 is 5.92 Å². The summed E-state index contributed by atoms with van der Waals surface area (Å²) in [4.78, 5) is 38.6. The normalized spacial score (nSPS) is 15.9. The highest BCUT2D eigenvalue weighted by Crippen LogP contribution is 2.32. The van der Waals surface area contributed by atoms with Gasteiger partial charge in [0.25, 0.3) is 0 Å². The number of rotatable bonds is 6. The molecular formula is C21H22BrN3O4. The number of nitrogens with zero attached hydrogens (tertiary/aromatic N) is 1. The molecule has 8 heteroatoms. The van der Waals surface area contributed by atoms with Gasteiger partial charge in [0.2, 0.25) is 17.7 Å². The summed E-state index contributed by atoms with van der Waals surface area (Å²) >= 11 is 3.38. The molecule has 3 amide bonds. The molecule has 1 atom stereocenters. The minimum atomic E-state index is -0.519. The fourth-order valence-electron chi connectivity index (χ4n) is 3.24. The highest BCUT2D eigenvalue weighted by atomic mass is 79.9. The third-order valence-corrected chi connectivity index (χ3v) is 5.25. The summed E-state index contributed by atoms with van der Waals surface area (Å²) in [6, 6.07) is 12.7. The van der Waals surface area contributed by atoms with Crippen molar-refractivity contribution < 1.29 is 19.1 Å². The van der Waals surface area contributed by atoms with E-state index in [2.05, 4.69) is 26.6 Å². The number of para-hydroxylation sites is 2. The number of aryl methyl sites for hydroxylation is 1. The van der Waals surface area contributed by atoms with Crippen LogP contribution < -0.4 is 20.3 Å². The van der Waals surface area contributed by atoms with E-state index in [9.17, 15) is 14.4 Å². The number of benzene rings is 2. The summed E-state index contributed by atoms with van der Waals surface area (Å²) in [5, 5.41) is 5.40. The van der Waals surface area contributed by atoms with E-state index >= 15 is 0 Å². The predicted octanol–water partition coefficient (Wildman–Crippen LogP) is 2.87. The molecular weight excluding hydrogens is 438 g/mol. The number of carbonyl (C=O) groups excluding carboxylic acids is 3. The Balaban J connectivity index is 1.56. The van der Waals surface area contributed by atoms with E-state index in [0.717, 1.165) is 10.0 Å². The molecule has 1 aliphatic heterocycles. The van der Waals surface area contributed by atoms with E-state index in [4.69, 9.17) is 4.74 Å². The predicted molar refractivity (Wildman–Crippen MR) is 114 cm³/mol. The molecule has 7 nitrogen and oxygen atoms in total. The number of ether oxygens (including phenoxy) is 1. The van der Waals surface area contributed by atoms with Crippen LogP contribution in [0.4, 0.5) is 11.4 Å². The van der Waals surface area contributed by atoms with Gasteiger partial charge in [0.15, 0.2) is 0 Å². The second-order valence-electron chi connectivity index (χ2n) is 6.80. The van der Waals surface area contributed by atoms with Gasteiger partial charge in [-0.2, -0.15) is 0 Å². The van der Waals surface area contributed by atoms with Crippen molar-refractivity contribution in [2.75, 3.05) is 30.4 Å². The number of amides is 3. The molecule has 1 heterocycles. The minimum absolute atomic E-state index is 0.0946. The quantitative estimate of drug-likeness (QED) is 0.694. The van der Waals surface area contributed by atoms with Crippen LogP contribution in [0.5, 0.6) is 5.75 Å². The summed E-state index contributed by atoms with van der Waals surface area (Å²) in [6.45, 7) is 1.97. The Bertz CT molecular complexity index is 947. The lowest BCUT2D eigenvalue weighted by Gasteiger charge is -2.19. The van der Waals surface area contributed by atoms with E-state index in [-0.39, 0.29) is 37.2 Å². The third kappa shape index (κ3) is 4.95. The van der Waals surface area contributed by atoms with Crippen LogP contribution >= 0.6 is 15.9 Å². The van der Waals surface area contributed by atoms with Gasteiger partial charge in [0.05, 0.1) is 25.3 Å². The zero-order valence-electron chi connectivity index (χ0n) is 16.2. The largest absolute Gasteiger partial charge is 0.495 e. The molecule has 2 N–H and O–H groups in total. The molecule has 1 aliphatic rings. The first-order chi connectivity index (χ1) is 13.9. The highest BCUT2D eigenvalue weighted by molar-refractivity contribution is 9.10. The van der Waals surface area contributed by atoms with Crippen LogP contribution in [0.3, 0.4) is 0 Å². The van der Waals surface area contributed by atoms with Crippen molar-refractivity contribution in [2.45, 2.75) is 13.3 Å². The van der Waals surface area contributed by atoms with E-state index in [1.165, 1.54) is 7.11 Å². The first-order valence-corrected chi connectivity index (χ1v) is 9.95. The van der Waals surface area contributed by atoms with Crippen molar-refractivity contribution in [3.05, 3.63) is 52.5 Å². The number of nitrogens with one attached hydrogen (secondary N) is 2. The van der Waals surface area contributed by atoms with Gasteiger partial charge in [-0.15, -0.1) is 0 Å². The van der Waals surface area contributed by atoms with Gasteiger partial charge >= 0.3 is 0 Å². The van der Waals surface area contributed by atoms with Crippen molar-refractivity contribution in [3.8, 4) is 5.75 Å². The average molecular weight is 460 g/mol. The van der Waals surface area contributed by atoms with Gasteiger partial charge in [0.1, 0.15) is 5.75 Å². The zero-order valence-corrected chi connectivity index (χ0v) is 17.8. The first kappa shape index (κ1) is 20.9. The van der Waals surface area contributed by atoms with Crippen molar-refractivity contribution in [3.63, 3.8) is 0 Å². The summed E-state index contributed by atoms with van der Waals surface area (Å²) in [6.07, 6.45) is 0.0946. The Morgan fingerprint density at radius 3 is 2.72 bits per heavy atom. The molecule has 0 radical (unpaired) electrons. The Morgan fingerprint density at radius 2 is 2.00 bits per heavy atom. The van der Waals surface area contributed by atoms with Gasteiger partial charge in [-0.3, -0.25) is 14.4 Å². The second kappa shape index (κ2) is 9.09. The van der Waals surface area contributed by atoms with Crippen LogP contribution in [0, 0.1) is 12.8 Å². The molecule has 0 unspecified atom stereocenters. The SMILES string of the molecule is COc1ccccc1N1C[C@@H](C(=O)NCC(=O)Nc2ccc(Br)cc2C)CC1=O. The summed E-state index contributed by atoms with van der Waals surface area (Å²) < 4.78 is 6.23. The fraction of sp³-hybridized carbons (Fsp3) is 0.286. The van der Waals surface area contributed by atoms with Crippen LogP contribution in [0.1, 0.15) is 12.0 Å². The maximum atomic E-state index is 12.5. The standard InChI is InChI=1S/C21H22BrN3O4/c1-13-9-15(22)7-8-16(13)24-19(26)11-23-21(28)14-10-20(27)25(12-14)17-5-3-4-6-18(17)29-2/h3-9,14H,10-12H2,1-2H3,(H,23,28)(H,24,26)/t14-/m0/s1. The number of hydrogen-bond donors (Lipinski definition) is 2. The van der Waals surface area contributed by atoms with Crippen LogP contribution in [0.25, 0.3) is 0 Å². The van der Waals surface area contributed by atoms with Crippen molar-refractivity contribution >= 4 is 45.0 Å². The van der Waals surface area contributed by atoms with Crippen LogP contribution in [0.15, 0.2) is 46.9 Å². The Morgan fingerprint density at radius 1 is 1.24 bits per heavy atom. The zero-order chi connectivity index (χ0) is 21.0. The molecule has 3 rings (SSSR count). The molecule has 0 aliphatic carbocycles. The van der Waals surface area contributed by atoms with Gasteiger partial charge in [0, 0.05) is 23.1 Å². The van der Waals surface area contributed by atoms with E-state index in [0.29, 0.717) is 17.1 Å². The molecule has 2 aromatic rings. The number of methoxy groups -OCH3 is 1. The lowest BCUT2D eigenvalue weighted by atomic mass is 10.1. The average Bonchev–Trinajstić information content (AvgIpc) is 3.09. The van der Waals surface area contributed by atoms with Gasteiger partial charge in [-0.1, -0.05) is 28.1 Å². The van der Waals surface area contributed by atoms with Gasteiger partial charge in [-0.05, 0) is 42.8 Å². The monoisotopic (exact) mass is 459 g/mol. The van der Waals surface area contributed by atoms with Crippen molar-refractivity contribution in [1.82, 2.24) is 5.32 Å². The van der Waals surface area contributed by atoms with Crippen LogP contribution in [-0.4, -0.2) is 37.9 Å². The topological polar surface area (TPSA) is 87.7 Å². The molecule has 152 valence electrons. The molecule has 1 fully saturated rings. The van der Waals surface area contributed by atoms with Gasteiger partial charge in [-0.25, -0.2) is 0 Å². The Labute approximate surface area is 177 Å². The number of carbonyl (C=O) groups is 3. The molecule has 0 saturated carbocycles. The number of anilines is 2. The van der Waals surface area contributed by atoms with E-state index in [1.54, 1.807) is 23.1 Å². The van der Waals surface area contributed by atoms with Crippen molar-refractivity contribution in [1.29, 1.82) is 0 Å². The molecule has 0 aromatic heterocycles. The second-order valence-corrected chi connectivity index (χ2v) is 7.72. The lowest BCUT2D eigenvalue weighted by Crippen LogP contribution is -2.38. The Kier molecular flexibility index (Phi) is 6.53. The smallest absolute Gasteiger partial charge is 0.243 e. The highest BCUT2D eigenvalue weighted by Gasteiger charge is 2.36. The summed E-state index contributed by atoms with van der Waals surface area (Å²) in [7, 11) is 1.54. The van der Waals surface area contributed by atoms with Crippen LogP contribution in [0.2, 0.25) is 0 Å². The van der Waals surface area contributed by atoms with Crippen molar-refractivity contribution in [2.24, 2.45) is 5.92 Å². The molecule has 29 heavy (non-hydrogen) atoms. The third-order valence-electron chi connectivity index (χ3n) is 4.76. The molecule has 0 spiro atoms. The Hall–Kier alpha value is -2.87. The van der Waals surface area contributed by atoms with Crippen LogP contribution in [-0.2, 0) is 14.4 Å². The number of halogens is 1. The summed E-state index contributed by atoms with van der Waals surface area (Å²) in [5.41, 5.74) is 2.23. The van der Waals surface area contributed by atoms with Gasteiger partial charge < -0.3 is 20.3 Å². The maximum absolute atomic E-state index is 12.5. The number of hydrogen-bond acceptors (Lipinski definition) is 4.